The van der Waals surface area contributed by atoms with Crippen molar-refractivity contribution in [3.8, 4) is 0 Å². The van der Waals surface area contributed by atoms with E-state index in [1.165, 1.54) is 38.5 Å². The lowest BCUT2D eigenvalue weighted by atomic mass is 9.44. The van der Waals surface area contributed by atoms with Crippen LogP contribution in [0.1, 0.15) is 72.1 Å². The molecule has 0 bridgehead atoms. The largest absolute Gasteiger partial charge is 0.295 e. The van der Waals surface area contributed by atoms with Crippen molar-refractivity contribution in [2.75, 3.05) is 0 Å². The molecule has 0 amide bonds. The Balaban J connectivity index is 1.59. The lowest BCUT2D eigenvalue weighted by molar-refractivity contribution is -0.118. The molecule has 3 fully saturated rings. The van der Waals surface area contributed by atoms with Gasteiger partial charge in [0.05, 0.1) is 0 Å². The topological polar surface area (TPSA) is 17.1 Å². The van der Waals surface area contributed by atoms with E-state index in [4.69, 9.17) is 0 Å². The molecule has 0 saturated heterocycles. The molecule has 0 aliphatic heterocycles. The number of hydrogen-bond donors (Lipinski definition) is 0. The summed E-state index contributed by atoms with van der Waals surface area (Å²) in [6, 6.07) is 0. The predicted molar refractivity (Wildman–Crippen MR) is 92.9 cm³/mol. The van der Waals surface area contributed by atoms with Gasteiger partial charge in [-0.3, -0.25) is 4.79 Å². The van der Waals surface area contributed by atoms with Gasteiger partial charge in [-0.2, -0.15) is 0 Å². The lowest BCUT2D eigenvalue weighted by Crippen LogP contribution is -2.52. The zero-order valence-electron chi connectivity index (χ0n) is 15.0. The maximum Gasteiger partial charge on any atom is 0.155 e. The third-order valence-corrected chi connectivity index (χ3v) is 9.09. The van der Waals surface area contributed by atoms with E-state index in [1.807, 2.05) is 0 Å². The molecule has 0 aromatic rings. The average molecular weight is 310 g/mol. The number of ketones is 1. The van der Waals surface area contributed by atoms with Crippen molar-refractivity contribution in [3.63, 3.8) is 0 Å². The van der Waals surface area contributed by atoms with E-state index in [2.05, 4.69) is 32.9 Å². The molecule has 5 unspecified atom stereocenters. The summed E-state index contributed by atoms with van der Waals surface area (Å²) in [4.78, 5) is 12.1. The second kappa shape index (κ2) is 4.21. The maximum atomic E-state index is 12.1. The van der Waals surface area contributed by atoms with Crippen LogP contribution in [0.25, 0.3) is 0 Å². The van der Waals surface area contributed by atoms with E-state index >= 15 is 0 Å². The predicted octanol–water partition coefficient (Wildman–Crippen LogP) is 5.46. The van der Waals surface area contributed by atoms with Crippen molar-refractivity contribution in [1.82, 2.24) is 0 Å². The van der Waals surface area contributed by atoms with Crippen molar-refractivity contribution in [2.45, 2.75) is 72.1 Å². The fourth-order valence-corrected chi connectivity index (χ4v) is 7.39. The van der Waals surface area contributed by atoms with Crippen molar-refractivity contribution in [2.24, 2.45) is 34.0 Å². The summed E-state index contributed by atoms with van der Waals surface area (Å²) in [5, 5.41) is 0. The maximum absolute atomic E-state index is 12.1. The number of allylic oxidation sites excluding steroid dienone is 4. The van der Waals surface area contributed by atoms with Gasteiger partial charge in [-0.1, -0.05) is 31.1 Å². The number of hydrogen-bond acceptors (Lipinski definition) is 1. The van der Waals surface area contributed by atoms with Crippen LogP contribution in [-0.4, -0.2) is 5.78 Å². The Morgan fingerprint density at radius 2 is 1.83 bits per heavy atom. The number of rotatable bonds is 0. The Bertz CT molecular complexity index is 649. The van der Waals surface area contributed by atoms with Crippen LogP contribution in [0.4, 0.5) is 0 Å². The third-order valence-electron chi connectivity index (χ3n) is 9.09. The molecule has 5 atom stereocenters. The van der Waals surface area contributed by atoms with E-state index in [1.54, 1.807) is 11.1 Å². The summed E-state index contributed by atoms with van der Waals surface area (Å²) in [7, 11) is 0. The fraction of sp³-hybridized carbons (Fsp3) is 0.773. The van der Waals surface area contributed by atoms with E-state index in [-0.39, 0.29) is 0 Å². The zero-order valence-corrected chi connectivity index (χ0v) is 15.0. The smallest absolute Gasteiger partial charge is 0.155 e. The summed E-state index contributed by atoms with van der Waals surface area (Å²) in [5.41, 5.74) is 4.48. The summed E-state index contributed by atoms with van der Waals surface area (Å²) in [6.45, 7) is 7.45. The van der Waals surface area contributed by atoms with Gasteiger partial charge in [0.15, 0.2) is 5.78 Å². The molecular weight excluding hydrogens is 280 g/mol. The average Bonchev–Trinajstić information content (AvgIpc) is 3.21. The molecule has 124 valence electrons. The second-order valence-electron chi connectivity index (χ2n) is 9.88. The monoisotopic (exact) mass is 310 g/mol. The molecule has 5 aliphatic carbocycles. The molecule has 0 aromatic carbocycles. The first-order valence-electron chi connectivity index (χ1n) is 9.82. The third kappa shape index (κ3) is 1.67. The Kier molecular flexibility index (Phi) is 2.65. The van der Waals surface area contributed by atoms with Crippen LogP contribution in [-0.2, 0) is 4.79 Å². The lowest BCUT2D eigenvalue weighted by Gasteiger charge is -2.60. The molecule has 23 heavy (non-hydrogen) atoms. The van der Waals surface area contributed by atoms with Crippen molar-refractivity contribution < 1.29 is 4.79 Å². The first-order chi connectivity index (χ1) is 10.9. The Labute approximate surface area is 140 Å². The van der Waals surface area contributed by atoms with Crippen molar-refractivity contribution in [1.29, 1.82) is 0 Å². The SMILES string of the molecule is CC1=CCC2C3CC4(CC4)C4=CC(=O)CCC4(C)C3CCC12C. The summed E-state index contributed by atoms with van der Waals surface area (Å²) < 4.78 is 0. The van der Waals surface area contributed by atoms with Crippen LogP contribution in [0.2, 0.25) is 0 Å². The highest BCUT2D eigenvalue weighted by Crippen LogP contribution is 2.74. The van der Waals surface area contributed by atoms with Gasteiger partial charge < -0.3 is 0 Å². The van der Waals surface area contributed by atoms with Crippen LogP contribution in [0.15, 0.2) is 23.3 Å². The molecule has 1 nitrogen and oxygen atoms in total. The highest BCUT2D eigenvalue weighted by molar-refractivity contribution is 5.92. The van der Waals surface area contributed by atoms with Gasteiger partial charge in [0.2, 0.25) is 0 Å². The molecule has 3 saturated carbocycles. The minimum atomic E-state index is 0.325. The first kappa shape index (κ1) is 14.5. The molecule has 0 aromatic heterocycles. The Morgan fingerprint density at radius 1 is 1.04 bits per heavy atom. The number of fused-ring (bicyclic) bond motifs is 6. The Morgan fingerprint density at radius 3 is 2.57 bits per heavy atom. The quantitative estimate of drug-likeness (QED) is 0.543. The molecule has 5 rings (SSSR count). The molecule has 0 N–H and O–H groups in total. The molecule has 1 spiro atoms. The van der Waals surface area contributed by atoms with Crippen molar-refractivity contribution in [3.05, 3.63) is 23.3 Å². The molecule has 1 heteroatoms. The first-order valence-corrected chi connectivity index (χ1v) is 9.82. The zero-order chi connectivity index (χ0) is 16.0. The molecular formula is C22H30O. The van der Waals surface area contributed by atoms with Gasteiger partial charge in [0.1, 0.15) is 0 Å². The van der Waals surface area contributed by atoms with E-state index in [0.717, 1.165) is 30.6 Å². The van der Waals surface area contributed by atoms with Crippen LogP contribution in [0.3, 0.4) is 0 Å². The Hall–Kier alpha value is -0.850. The van der Waals surface area contributed by atoms with Gasteiger partial charge in [0.25, 0.3) is 0 Å². The summed E-state index contributed by atoms with van der Waals surface area (Å²) in [5.74, 6) is 2.99. The van der Waals surface area contributed by atoms with Gasteiger partial charge in [-0.15, -0.1) is 0 Å². The van der Waals surface area contributed by atoms with Gasteiger partial charge >= 0.3 is 0 Å². The van der Waals surface area contributed by atoms with E-state index in [0.29, 0.717) is 22.0 Å². The van der Waals surface area contributed by atoms with Crippen LogP contribution < -0.4 is 0 Å². The molecule has 0 radical (unpaired) electrons. The van der Waals surface area contributed by atoms with Crippen LogP contribution in [0, 0.1) is 34.0 Å². The highest BCUT2D eigenvalue weighted by atomic mass is 16.1. The van der Waals surface area contributed by atoms with Gasteiger partial charge in [-0.25, -0.2) is 0 Å². The summed E-state index contributed by atoms with van der Waals surface area (Å²) in [6.07, 6.45) is 14.7. The highest BCUT2D eigenvalue weighted by Gasteiger charge is 2.65. The standard InChI is InChI=1S/C22H30O/c1-14-4-5-17-16-13-22(10-11-22)19-12-15(23)6-8-21(19,3)18(16)7-9-20(14,17)2/h4,12,16-18H,5-11,13H2,1-3H3. The number of carbonyl (C=O) groups excluding carboxylic acids is 1. The number of carbonyl (C=O) groups is 1. The van der Waals surface area contributed by atoms with Crippen LogP contribution in [0.5, 0.6) is 0 Å². The second-order valence-corrected chi connectivity index (χ2v) is 9.88. The van der Waals surface area contributed by atoms with Crippen LogP contribution >= 0.6 is 0 Å². The normalized spacial score (nSPS) is 49.9. The van der Waals surface area contributed by atoms with E-state index < -0.39 is 0 Å². The fourth-order valence-electron chi connectivity index (χ4n) is 7.39. The van der Waals surface area contributed by atoms with Gasteiger partial charge in [0, 0.05) is 6.42 Å². The van der Waals surface area contributed by atoms with E-state index in [9.17, 15) is 4.79 Å². The minimum absolute atomic E-state index is 0.325. The summed E-state index contributed by atoms with van der Waals surface area (Å²) >= 11 is 0. The van der Waals surface area contributed by atoms with Crippen molar-refractivity contribution >= 4 is 5.78 Å². The molecule has 5 aliphatic rings. The minimum Gasteiger partial charge on any atom is -0.295 e. The molecule has 0 heterocycles. The van der Waals surface area contributed by atoms with Gasteiger partial charge in [-0.05, 0) is 91.9 Å².